The second-order valence-electron chi connectivity index (χ2n) is 12.9. The summed E-state index contributed by atoms with van der Waals surface area (Å²) in [4.78, 5) is 34.9. The zero-order valence-corrected chi connectivity index (χ0v) is 30.7. The summed E-state index contributed by atoms with van der Waals surface area (Å²) in [6.45, 7) is 4.26. The second-order valence-corrected chi connectivity index (χ2v) is 14.4. The molecule has 0 aromatic carbocycles. The third-order valence-corrected chi connectivity index (χ3v) is 8.16. The summed E-state index contributed by atoms with van der Waals surface area (Å²) in [5.74, 6) is -0.855. The lowest BCUT2D eigenvalue weighted by atomic mass is 10.1. The van der Waals surface area contributed by atoms with Crippen LogP contribution in [0.3, 0.4) is 0 Å². The van der Waals surface area contributed by atoms with Crippen LogP contribution in [0.1, 0.15) is 129 Å². The molecule has 0 aliphatic heterocycles. The number of quaternary nitrogens is 1. The highest BCUT2D eigenvalue weighted by Gasteiger charge is 2.27. The van der Waals surface area contributed by atoms with Gasteiger partial charge in [0.25, 0.3) is 0 Å². The van der Waals surface area contributed by atoms with Crippen molar-refractivity contribution < 1.29 is 42.1 Å². The molecule has 0 aromatic rings. The molecule has 2 atom stereocenters. The monoisotopic (exact) mass is 672 g/mol. The molecule has 0 aliphatic rings. The Morgan fingerprint density at radius 1 is 0.674 bits per heavy atom. The van der Waals surface area contributed by atoms with Crippen molar-refractivity contribution in [1.29, 1.82) is 0 Å². The van der Waals surface area contributed by atoms with Gasteiger partial charge in [0, 0.05) is 12.8 Å². The first-order valence-corrected chi connectivity index (χ1v) is 19.2. The summed E-state index contributed by atoms with van der Waals surface area (Å²) in [6.07, 6.45) is 29.3. The largest absolute Gasteiger partial charge is 0.472 e. The third kappa shape index (κ3) is 32.2. The molecule has 46 heavy (non-hydrogen) atoms. The SMILES string of the molecule is CCCCCC=CCC=CCC=CCCCCC(=O)O[C@H](COC(=O)CCCCCCCCC)COP(=O)(O)OCC[N+](C)(C)C. The Morgan fingerprint density at radius 2 is 1.17 bits per heavy atom. The van der Waals surface area contributed by atoms with E-state index >= 15 is 0 Å². The fourth-order valence-electron chi connectivity index (χ4n) is 4.31. The zero-order chi connectivity index (χ0) is 34.4. The molecule has 0 heterocycles. The molecule has 0 fully saturated rings. The number of hydrogen-bond donors (Lipinski definition) is 1. The van der Waals surface area contributed by atoms with Crippen molar-refractivity contribution in [2.24, 2.45) is 0 Å². The molecule has 1 unspecified atom stereocenters. The van der Waals surface area contributed by atoms with Crippen LogP contribution in [-0.2, 0) is 32.7 Å². The van der Waals surface area contributed by atoms with Gasteiger partial charge in [-0.25, -0.2) is 4.57 Å². The van der Waals surface area contributed by atoms with E-state index in [0.29, 0.717) is 17.4 Å². The minimum atomic E-state index is -4.37. The number of phosphoric ester groups is 1. The molecule has 0 saturated heterocycles. The summed E-state index contributed by atoms with van der Waals surface area (Å²) < 4.78 is 33.9. The molecule has 0 amide bonds. The number of carbonyl (C=O) groups is 2. The molecule has 0 radical (unpaired) electrons. The van der Waals surface area contributed by atoms with Gasteiger partial charge in [0.15, 0.2) is 6.10 Å². The van der Waals surface area contributed by atoms with Crippen LogP contribution in [0.25, 0.3) is 0 Å². The number of phosphoric acid groups is 1. The van der Waals surface area contributed by atoms with Gasteiger partial charge in [0.05, 0.1) is 27.7 Å². The molecule has 9 nitrogen and oxygen atoms in total. The van der Waals surface area contributed by atoms with Crippen molar-refractivity contribution in [2.75, 3.05) is 47.5 Å². The van der Waals surface area contributed by atoms with Crippen LogP contribution in [0.2, 0.25) is 0 Å². The van der Waals surface area contributed by atoms with Crippen LogP contribution in [0.15, 0.2) is 36.5 Å². The first-order chi connectivity index (χ1) is 22.0. The van der Waals surface area contributed by atoms with Crippen molar-refractivity contribution in [2.45, 2.75) is 136 Å². The molecule has 0 saturated carbocycles. The number of hydrogen-bond acceptors (Lipinski definition) is 7. The van der Waals surface area contributed by atoms with Gasteiger partial charge in [0.1, 0.15) is 19.8 Å². The van der Waals surface area contributed by atoms with Crippen LogP contribution in [0.4, 0.5) is 0 Å². The van der Waals surface area contributed by atoms with Crippen LogP contribution >= 0.6 is 7.82 Å². The van der Waals surface area contributed by atoms with Crippen LogP contribution < -0.4 is 0 Å². The van der Waals surface area contributed by atoms with E-state index in [2.05, 4.69) is 50.3 Å². The number of unbranched alkanes of at least 4 members (excludes halogenated alkanes) is 11. The van der Waals surface area contributed by atoms with Crippen molar-refractivity contribution in [3.63, 3.8) is 0 Å². The fourth-order valence-corrected chi connectivity index (χ4v) is 5.05. The fraction of sp³-hybridized carbons (Fsp3) is 0.778. The summed E-state index contributed by atoms with van der Waals surface area (Å²) in [6, 6.07) is 0. The van der Waals surface area contributed by atoms with E-state index in [1.807, 2.05) is 21.1 Å². The van der Waals surface area contributed by atoms with E-state index in [-0.39, 0.29) is 32.0 Å². The van der Waals surface area contributed by atoms with Crippen molar-refractivity contribution in [1.82, 2.24) is 0 Å². The third-order valence-electron chi connectivity index (χ3n) is 7.17. The number of esters is 2. The molecular weight excluding hydrogens is 605 g/mol. The molecule has 10 heteroatoms. The highest BCUT2D eigenvalue weighted by atomic mass is 31.2. The maximum atomic E-state index is 12.5. The van der Waals surface area contributed by atoms with Gasteiger partial charge >= 0.3 is 19.8 Å². The minimum absolute atomic E-state index is 0.0242. The first kappa shape index (κ1) is 44.2. The van der Waals surface area contributed by atoms with Gasteiger partial charge < -0.3 is 18.9 Å². The highest BCUT2D eigenvalue weighted by molar-refractivity contribution is 7.47. The lowest BCUT2D eigenvalue weighted by molar-refractivity contribution is -0.870. The van der Waals surface area contributed by atoms with Gasteiger partial charge in [-0.3, -0.25) is 18.6 Å². The van der Waals surface area contributed by atoms with E-state index in [4.69, 9.17) is 18.5 Å². The van der Waals surface area contributed by atoms with Gasteiger partial charge in [-0.2, -0.15) is 0 Å². The summed E-state index contributed by atoms with van der Waals surface area (Å²) in [5, 5.41) is 0. The number of carbonyl (C=O) groups excluding carboxylic acids is 2. The number of likely N-dealkylation sites (N-methyl/N-ethyl adjacent to an activating group) is 1. The van der Waals surface area contributed by atoms with E-state index in [1.54, 1.807) is 0 Å². The molecule has 268 valence electrons. The topological polar surface area (TPSA) is 108 Å². The standard InChI is InChI=1S/C36H66NO8P/c1-6-8-10-12-14-15-16-17-18-19-20-21-23-25-27-29-36(39)45-34(33-44-46(40,41)43-31-30-37(3,4)5)32-42-35(38)28-26-24-22-13-11-9-7-2/h14-15,17-18,20-21,34H,6-13,16,19,22-33H2,1-5H3/p+1/t34-/m1/s1. The van der Waals surface area contributed by atoms with Crippen LogP contribution in [0, 0.1) is 0 Å². The van der Waals surface area contributed by atoms with Crippen molar-refractivity contribution in [3.8, 4) is 0 Å². The summed E-state index contributed by atoms with van der Waals surface area (Å²) >= 11 is 0. The second kappa shape index (κ2) is 29.4. The highest BCUT2D eigenvalue weighted by Crippen LogP contribution is 2.43. The molecule has 0 bridgehead atoms. The Bertz CT molecular complexity index is 897. The van der Waals surface area contributed by atoms with Gasteiger partial charge in [-0.05, 0) is 51.4 Å². The van der Waals surface area contributed by atoms with E-state index in [9.17, 15) is 19.0 Å². The van der Waals surface area contributed by atoms with Gasteiger partial charge in [0.2, 0.25) is 0 Å². The van der Waals surface area contributed by atoms with Crippen molar-refractivity contribution >= 4 is 19.8 Å². The summed E-state index contributed by atoms with van der Waals surface area (Å²) in [7, 11) is 1.44. The first-order valence-electron chi connectivity index (χ1n) is 17.7. The number of ether oxygens (including phenoxy) is 2. The van der Waals surface area contributed by atoms with Crippen LogP contribution in [-0.4, -0.2) is 74.9 Å². The van der Waals surface area contributed by atoms with E-state index < -0.39 is 26.5 Å². The predicted octanol–water partition coefficient (Wildman–Crippen LogP) is 9.01. The molecule has 0 rings (SSSR count). The maximum Gasteiger partial charge on any atom is 0.472 e. The van der Waals surface area contributed by atoms with Crippen LogP contribution in [0.5, 0.6) is 0 Å². The molecule has 0 spiro atoms. The normalized spacial score (nSPS) is 14.3. The Labute approximate surface area is 281 Å². The molecular formula is C36H67NO8P+. The Kier molecular flexibility index (Phi) is 28.2. The number of allylic oxidation sites excluding steroid dienone is 6. The average Bonchev–Trinajstić information content (AvgIpc) is 2.99. The zero-order valence-electron chi connectivity index (χ0n) is 29.8. The molecule has 1 N–H and O–H groups in total. The minimum Gasteiger partial charge on any atom is -0.462 e. The lowest BCUT2D eigenvalue weighted by Crippen LogP contribution is -2.37. The lowest BCUT2D eigenvalue weighted by Gasteiger charge is -2.24. The molecule has 0 aliphatic carbocycles. The average molecular weight is 673 g/mol. The Morgan fingerprint density at radius 3 is 1.78 bits per heavy atom. The van der Waals surface area contributed by atoms with Gasteiger partial charge in [-0.1, -0.05) is 102 Å². The number of rotatable bonds is 31. The van der Waals surface area contributed by atoms with E-state index in [1.165, 1.54) is 44.9 Å². The Hall–Kier alpha value is -1.77. The van der Waals surface area contributed by atoms with Crippen molar-refractivity contribution in [3.05, 3.63) is 36.5 Å². The molecule has 0 aromatic heterocycles. The smallest absolute Gasteiger partial charge is 0.462 e. The number of nitrogens with zero attached hydrogens (tertiary/aromatic N) is 1. The quantitative estimate of drug-likeness (QED) is 0.0256. The maximum absolute atomic E-state index is 12.5. The van der Waals surface area contributed by atoms with E-state index in [0.717, 1.165) is 51.4 Å². The summed E-state index contributed by atoms with van der Waals surface area (Å²) in [5.41, 5.74) is 0. The predicted molar refractivity (Wildman–Crippen MR) is 187 cm³/mol. The van der Waals surface area contributed by atoms with Gasteiger partial charge in [-0.15, -0.1) is 0 Å². The Balaban J connectivity index is 4.53.